The molecule has 4 aromatic rings. The number of aromatic nitrogens is 3. The lowest BCUT2D eigenvalue weighted by Crippen LogP contribution is -2.36. The van der Waals surface area contributed by atoms with Crippen molar-refractivity contribution in [3.63, 3.8) is 0 Å². The summed E-state index contributed by atoms with van der Waals surface area (Å²) < 4.78 is 22.3. The summed E-state index contributed by atoms with van der Waals surface area (Å²) in [7, 11) is 0. The first-order chi connectivity index (χ1) is 18.8. The summed E-state index contributed by atoms with van der Waals surface area (Å²) in [5.74, 6) is -0.831. The highest BCUT2D eigenvalue weighted by atomic mass is 19.1. The molecule has 5 rings (SSSR count). The summed E-state index contributed by atoms with van der Waals surface area (Å²) in [6, 6.07) is 17.7. The third-order valence-electron chi connectivity index (χ3n) is 7.03. The van der Waals surface area contributed by atoms with Crippen LogP contribution in [0.4, 0.5) is 9.18 Å². The van der Waals surface area contributed by atoms with Crippen molar-refractivity contribution in [2.45, 2.75) is 32.3 Å². The molecule has 0 radical (unpaired) electrons. The van der Waals surface area contributed by atoms with Gasteiger partial charge in [-0.2, -0.15) is 5.10 Å². The normalized spacial score (nSPS) is 13.8. The Kier molecular flexibility index (Phi) is 7.27. The number of amides is 1. The molecule has 2 aromatic heterocycles. The largest absolute Gasteiger partial charge is 0.485 e. The van der Waals surface area contributed by atoms with Gasteiger partial charge in [0.25, 0.3) is 0 Å². The van der Waals surface area contributed by atoms with Gasteiger partial charge in [0.05, 0.1) is 17.6 Å². The first-order valence-electron chi connectivity index (χ1n) is 12.6. The van der Waals surface area contributed by atoms with E-state index in [9.17, 15) is 19.1 Å². The van der Waals surface area contributed by atoms with E-state index < -0.39 is 17.9 Å². The van der Waals surface area contributed by atoms with Crippen molar-refractivity contribution in [1.82, 2.24) is 19.7 Å². The highest BCUT2D eigenvalue weighted by Crippen LogP contribution is 2.33. The van der Waals surface area contributed by atoms with Crippen LogP contribution in [0, 0.1) is 12.7 Å². The fourth-order valence-electron chi connectivity index (χ4n) is 4.84. The van der Waals surface area contributed by atoms with Gasteiger partial charge < -0.3 is 19.8 Å². The summed E-state index contributed by atoms with van der Waals surface area (Å²) in [6.45, 7) is 2.84. The predicted molar refractivity (Wildman–Crippen MR) is 141 cm³/mol. The van der Waals surface area contributed by atoms with Crippen molar-refractivity contribution in [1.29, 1.82) is 0 Å². The predicted octanol–water partition coefficient (Wildman–Crippen LogP) is 5.52. The molecule has 39 heavy (non-hydrogen) atoms. The minimum Gasteiger partial charge on any atom is -0.485 e. The topological polar surface area (TPSA) is 118 Å². The summed E-state index contributed by atoms with van der Waals surface area (Å²) in [5.41, 5.74) is 3.44. The van der Waals surface area contributed by atoms with E-state index in [1.54, 1.807) is 37.3 Å². The number of carbonyl (C=O) groups is 2. The van der Waals surface area contributed by atoms with Crippen LogP contribution in [0.25, 0.3) is 17.1 Å². The number of piperidine rings is 1. The molecule has 0 unspecified atom stereocenters. The molecule has 2 aromatic carbocycles. The molecule has 200 valence electrons. The highest BCUT2D eigenvalue weighted by Gasteiger charge is 2.23. The van der Waals surface area contributed by atoms with Gasteiger partial charge in [-0.15, -0.1) is 0 Å². The van der Waals surface area contributed by atoms with Crippen LogP contribution in [0.3, 0.4) is 0 Å². The number of carboxylic acid groups (broad SMARTS) is 2. The second-order valence-electron chi connectivity index (χ2n) is 9.43. The van der Waals surface area contributed by atoms with Crippen molar-refractivity contribution < 1.29 is 28.9 Å². The second kappa shape index (κ2) is 10.9. The van der Waals surface area contributed by atoms with Crippen molar-refractivity contribution in [3.8, 4) is 22.8 Å². The molecular formula is C29H27FN4O5. The van der Waals surface area contributed by atoms with Gasteiger partial charge in [-0.25, -0.2) is 23.6 Å². The van der Waals surface area contributed by atoms with Crippen LogP contribution in [-0.2, 0) is 6.61 Å². The van der Waals surface area contributed by atoms with Gasteiger partial charge >= 0.3 is 12.1 Å². The number of para-hydroxylation sites is 1. The molecule has 0 bridgehead atoms. The zero-order valence-corrected chi connectivity index (χ0v) is 21.2. The Morgan fingerprint density at radius 1 is 1.03 bits per heavy atom. The van der Waals surface area contributed by atoms with E-state index in [0.29, 0.717) is 41.8 Å². The van der Waals surface area contributed by atoms with Crippen LogP contribution in [-0.4, -0.2) is 55.0 Å². The highest BCUT2D eigenvalue weighted by molar-refractivity contribution is 5.88. The molecule has 1 aliphatic rings. The Morgan fingerprint density at radius 2 is 1.74 bits per heavy atom. The summed E-state index contributed by atoms with van der Waals surface area (Å²) >= 11 is 0. The molecule has 0 spiro atoms. The zero-order valence-electron chi connectivity index (χ0n) is 21.2. The van der Waals surface area contributed by atoms with Gasteiger partial charge in [-0.1, -0.05) is 36.4 Å². The number of likely N-dealkylation sites (tertiary alicyclic amines) is 1. The number of rotatable bonds is 7. The molecule has 10 heteroatoms. The fourth-order valence-corrected chi connectivity index (χ4v) is 4.84. The molecule has 1 saturated heterocycles. The minimum atomic E-state index is -1.08. The van der Waals surface area contributed by atoms with E-state index in [2.05, 4.69) is 10.1 Å². The number of halogens is 1. The monoisotopic (exact) mass is 530 g/mol. The van der Waals surface area contributed by atoms with Crippen molar-refractivity contribution in [3.05, 3.63) is 95.1 Å². The van der Waals surface area contributed by atoms with E-state index in [-0.39, 0.29) is 17.9 Å². The maximum Gasteiger partial charge on any atom is 0.407 e. The van der Waals surface area contributed by atoms with Gasteiger partial charge in [0.2, 0.25) is 0 Å². The maximum absolute atomic E-state index is 14.9. The minimum absolute atomic E-state index is 0.0654. The van der Waals surface area contributed by atoms with Crippen LogP contribution in [0.5, 0.6) is 5.75 Å². The number of nitrogens with zero attached hydrogens (tertiary/aromatic N) is 4. The lowest BCUT2D eigenvalue weighted by atomic mass is 9.89. The second-order valence-corrected chi connectivity index (χ2v) is 9.43. The van der Waals surface area contributed by atoms with Gasteiger partial charge in [-0.05, 0) is 61.1 Å². The Labute approximate surface area is 224 Å². The molecule has 0 aliphatic carbocycles. The number of hydrogen-bond donors (Lipinski definition) is 2. The number of carboxylic acids is 1. The molecule has 1 fully saturated rings. The average Bonchev–Trinajstić information content (AvgIpc) is 3.34. The third kappa shape index (κ3) is 5.45. The van der Waals surface area contributed by atoms with E-state index in [1.165, 1.54) is 21.8 Å². The Balaban J connectivity index is 1.32. The van der Waals surface area contributed by atoms with Gasteiger partial charge in [0, 0.05) is 18.7 Å². The smallest absolute Gasteiger partial charge is 0.407 e. The molecular weight excluding hydrogens is 503 g/mol. The van der Waals surface area contributed by atoms with Crippen LogP contribution < -0.4 is 4.74 Å². The van der Waals surface area contributed by atoms with Gasteiger partial charge in [0.1, 0.15) is 12.2 Å². The van der Waals surface area contributed by atoms with Crippen molar-refractivity contribution >= 4 is 12.1 Å². The van der Waals surface area contributed by atoms with E-state index in [0.717, 1.165) is 24.0 Å². The fraction of sp³-hybridized carbons (Fsp3) is 0.241. The first-order valence-corrected chi connectivity index (χ1v) is 12.6. The quantitative estimate of drug-likeness (QED) is 0.323. The number of aromatic carboxylic acids is 1. The summed E-state index contributed by atoms with van der Waals surface area (Å²) in [5, 5.41) is 22.6. The molecule has 2 N–H and O–H groups in total. The Morgan fingerprint density at radius 3 is 2.41 bits per heavy atom. The van der Waals surface area contributed by atoms with Crippen molar-refractivity contribution in [2.24, 2.45) is 0 Å². The van der Waals surface area contributed by atoms with Crippen molar-refractivity contribution in [2.75, 3.05) is 13.1 Å². The molecule has 9 nitrogen and oxygen atoms in total. The van der Waals surface area contributed by atoms with Crippen LogP contribution in [0.1, 0.15) is 45.9 Å². The number of benzene rings is 2. The van der Waals surface area contributed by atoms with Gasteiger partial charge in [-0.3, -0.25) is 0 Å². The van der Waals surface area contributed by atoms with E-state index in [4.69, 9.17) is 9.84 Å². The Bertz CT molecular complexity index is 1510. The SMILES string of the molecule is Cc1c(C(=O)O)cnn1-c1cccc(-c2cccc(F)c2OCc2ccc(C3CCN(C(=O)O)CC3)cc2)n1. The first kappa shape index (κ1) is 25.9. The maximum atomic E-state index is 14.9. The lowest BCUT2D eigenvalue weighted by Gasteiger charge is -2.30. The molecule has 1 amide bonds. The molecule has 0 saturated carbocycles. The third-order valence-corrected chi connectivity index (χ3v) is 7.03. The van der Waals surface area contributed by atoms with Crippen LogP contribution in [0.15, 0.2) is 66.9 Å². The van der Waals surface area contributed by atoms with Crippen LogP contribution in [0.2, 0.25) is 0 Å². The number of ether oxygens (including phenoxy) is 1. The summed E-state index contributed by atoms with van der Waals surface area (Å²) in [4.78, 5) is 28.6. The zero-order chi connectivity index (χ0) is 27.5. The average molecular weight is 531 g/mol. The van der Waals surface area contributed by atoms with Gasteiger partial charge in [0.15, 0.2) is 17.4 Å². The number of hydrogen-bond acceptors (Lipinski definition) is 5. The molecule has 0 atom stereocenters. The lowest BCUT2D eigenvalue weighted by molar-refractivity contribution is 0.0696. The number of pyridine rings is 1. The Hall–Kier alpha value is -4.73. The summed E-state index contributed by atoms with van der Waals surface area (Å²) in [6.07, 6.45) is 1.96. The molecule has 1 aliphatic heterocycles. The molecule has 3 heterocycles. The van der Waals surface area contributed by atoms with E-state index >= 15 is 0 Å². The van der Waals surface area contributed by atoms with Crippen LogP contribution >= 0.6 is 0 Å². The van der Waals surface area contributed by atoms with E-state index in [1.807, 2.05) is 24.3 Å². The standard InChI is InChI=1S/C29H27FN4O5/c1-18-23(28(35)36)16-31-34(18)26-7-3-6-25(32-26)22-4-2-5-24(30)27(22)39-17-19-8-10-20(11-9-19)21-12-14-33(15-13-21)29(37)38/h2-11,16,21H,12-15,17H2,1H3,(H,35,36)(H,37,38).